The van der Waals surface area contributed by atoms with E-state index in [2.05, 4.69) is 85.9 Å². The van der Waals surface area contributed by atoms with Gasteiger partial charge in [-0.1, -0.05) is 79.8 Å². The predicted octanol–water partition coefficient (Wildman–Crippen LogP) is 5.21. The third-order valence-electron chi connectivity index (χ3n) is 6.45. The van der Waals surface area contributed by atoms with Gasteiger partial charge in [0.15, 0.2) is 0 Å². The molecule has 1 heteroatoms. The number of hydrogen-bond acceptors (Lipinski definition) is 0. The molecular weight excluding hydrogens is 328 g/mol. The van der Waals surface area contributed by atoms with Crippen molar-refractivity contribution in [2.45, 2.75) is 19.5 Å². The molecule has 0 unspecified atom stereocenters. The molecule has 0 N–H and O–H groups in total. The van der Waals surface area contributed by atoms with E-state index in [1.54, 1.807) is 10.4 Å². The number of hydrogen-bond donors (Lipinski definition) is 0. The maximum atomic E-state index is 2.51. The summed E-state index contributed by atoms with van der Waals surface area (Å²) < 4.78 is 0. The highest BCUT2D eigenvalue weighted by atomic mass is 28.3. The number of fused-ring (bicyclic) bond motifs is 8. The van der Waals surface area contributed by atoms with Gasteiger partial charge in [0, 0.05) is 0 Å². The Hall–Kier alpha value is -2.64. The maximum absolute atomic E-state index is 2.51. The monoisotopic (exact) mass is 348 g/mol. The van der Waals surface area contributed by atoms with Crippen molar-refractivity contribution in [2.24, 2.45) is 0 Å². The first-order valence-corrected chi connectivity index (χ1v) is 12.4. The molecule has 1 aliphatic carbocycles. The van der Waals surface area contributed by atoms with Gasteiger partial charge in [-0.15, -0.1) is 0 Å². The number of benzene rings is 4. The summed E-state index contributed by atoms with van der Waals surface area (Å²) in [6, 6.07) is 27.6. The zero-order valence-corrected chi connectivity index (χ0v) is 16.1. The van der Waals surface area contributed by atoms with Crippen LogP contribution >= 0.6 is 0 Å². The molecule has 0 saturated carbocycles. The lowest BCUT2D eigenvalue weighted by Gasteiger charge is -2.21. The molecule has 2 aliphatic rings. The average molecular weight is 349 g/mol. The van der Waals surface area contributed by atoms with E-state index in [1.807, 2.05) is 0 Å². The molecule has 0 saturated heterocycles. The third kappa shape index (κ3) is 1.69. The highest BCUT2D eigenvalue weighted by molar-refractivity contribution is 7.05. The van der Waals surface area contributed by atoms with Gasteiger partial charge in [0.05, 0.1) is 0 Å². The van der Waals surface area contributed by atoms with Crippen molar-refractivity contribution >= 4 is 29.2 Å². The molecule has 0 fully saturated rings. The van der Waals surface area contributed by atoms with Crippen LogP contribution in [0.3, 0.4) is 0 Å². The Labute approximate surface area is 155 Å². The van der Waals surface area contributed by atoms with Crippen LogP contribution in [0.25, 0.3) is 33.0 Å². The van der Waals surface area contributed by atoms with Crippen LogP contribution in [0.2, 0.25) is 13.1 Å². The molecule has 1 heterocycles. The lowest BCUT2D eigenvalue weighted by molar-refractivity contribution is 1.27. The van der Waals surface area contributed by atoms with Crippen LogP contribution < -0.4 is 10.4 Å². The van der Waals surface area contributed by atoms with E-state index in [4.69, 9.17) is 0 Å². The van der Waals surface area contributed by atoms with Crippen LogP contribution in [-0.4, -0.2) is 8.07 Å². The minimum Gasteiger partial charge on any atom is -0.0623 e. The lowest BCUT2D eigenvalue weighted by atomic mass is 9.97. The lowest BCUT2D eigenvalue weighted by Crippen LogP contribution is -2.49. The molecule has 26 heavy (non-hydrogen) atoms. The molecule has 0 atom stereocenters. The Bertz CT molecular complexity index is 1230. The van der Waals surface area contributed by atoms with Crippen LogP contribution in [0.1, 0.15) is 11.1 Å². The molecule has 0 nitrogen and oxygen atoms in total. The Morgan fingerprint density at radius 1 is 0.654 bits per heavy atom. The highest BCUT2D eigenvalue weighted by Gasteiger charge is 2.38. The molecule has 0 spiro atoms. The second-order valence-corrected chi connectivity index (χ2v) is 12.5. The van der Waals surface area contributed by atoms with Crippen LogP contribution in [0, 0.1) is 0 Å². The van der Waals surface area contributed by atoms with Crippen molar-refractivity contribution in [3.8, 4) is 22.3 Å². The van der Waals surface area contributed by atoms with Crippen molar-refractivity contribution in [2.75, 3.05) is 0 Å². The average Bonchev–Trinajstić information content (AvgIpc) is 3.13. The second-order valence-electron chi connectivity index (χ2n) is 8.22. The molecule has 0 amide bonds. The minimum absolute atomic E-state index is 1.07. The van der Waals surface area contributed by atoms with Crippen LogP contribution in [0.15, 0.2) is 72.8 Å². The summed E-state index contributed by atoms with van der Waals surface area (Å²) in [5, 5.41) is 6.11. The van der Waals surface area contributed by atoms with Gasteiger partial charge in [0.2, 0.25) is 0 Å². The molecule has 1 aliphatic heterocycles. The zero-order chi connectivity index (χ0) is 17.5. The van der Waals surface area contributed by atoms with Gasteiger partial charge < -0.3 is 0 Å². The largest absolute Gasteiger partial charge is 0.114 e. The summed E-state index contributed by atoms with van der Waals surface area (Å²) in [7, 11) is -1.66. The second kappa shape index (κ2) is 4.75. The van der Waals surface area contributed by atoms with E-state index < -0.39 is 8.07 Å². The first kappa shape index (κ1) is 14.5. The van der Waals surface area contributed by atoms with E-state index in [1.165, 1.54) is 44.2 Å². The standard InChI is InChI=1S/C25H20Si/c1-26(2)24-10-6-5-9-20(24)21-12-11-17-14-22-18(15-23(17)25(21)26)13-16-7-3-4-8-19(16)22/h3-12,14-15H,13H2,1-2H3. The molecule has 0 radical (unpaired) electrons. The molecule has 124 valence electrons. The van der Waals surface area contributed by atoms with Crippen molar-refractivity contribution in [1.29, 1.82) is 0 Å². The van der Waals surface area contributed by atoms with Gasteiger partial charge >= 0.3 is 0 Å². The highest BCUT2D eigenvalue weighted by Crippen LogP contribution is 2.40. The fraction of sp³-hybridized carbons (Fsp3) is 0.120. The van der Waals surface area contributed by atoms with Gasteiger partial charge in [-0.05, 0) is 67.0 Å². The Morgan fingerprint density at radius 3 is 2.31 bits per heavy atom. The fourth-order valence-corrected chi connectivity index (χ4v) is 8.71. The van der Waals surface area contributed by atoms with Gasteiger partial charge in [-0.3, -0.25) is 0 Å². The van der Waals surface area contributed by atoms with E-state index in [0.29, 0.717) is 0 Å². The fourth-order valence-electron chi connectivity index (χ4n) is 5.25. The first-order valence-electron chi connectivity index (χ1n) is 9.43. The molecular formula is C25H20Si. The molecule has 6 rings (SSSR count). The molecule has 4 aromatic carbocycles. The third-order valence-corrected chi connectivity index (χ3v) is 10.0. The zero-order valence-electron chi connectivity index (χ0n) is 15.1. The first-order chi connectivity index (χ1) is 12.6. The summed E-state index contributed by atoms with van der Waals surface area (Å²) in [6.07, 6.45) is 1.07. The Kier molecular flexibility index (Phi) is 2.65. The van der Waals surface area contributed by atoms with E-state index >= 15 is 0 Å². The molecule has 4 aromatic rings. The topological polar surface area (TPSA) is 0 Å². The van der Waals surface area contributed by atoms with Crippen molar-refractivity contribution < 1.29 is 0 Å². The summed E-state index contributed by atoms with van der Waals surface area (Å²) in [5.74, 6) is 0. The molecule has 0 aromatic heterocycles. The summed E-state index contributed by atoms with van der Waals surface area (Å²) in [5.41, 5.74) is 8.75. The van der Waals surface area contributed by atoms with Crippen LogP contribution in [0.4, 0.5) is 0 Å². The minimum atomic E-state index is -1.66. The Balaban J connectivity index is 1.69. The smallest absolute Gasteiger partial charge is 0.0623 e. The van der Waals surface area contributed by atoms with Gasteiger partial charge in [0.25, 0.3) is 0 Å². The molecule has 0 bridgehead atoms. The van der Waals surface area contributed by atoms with Gasteiger partial charge in [-0.2, -0.15) is 0 Å². The van der Waals surface area contributed by atoms with Crippen molar-refractivity contribution in [3.63, 3.8) is 0 Å². The normalized spacial score (nSPS) is 15.5. The predicted molar refractivity (Wildman–Crippen MR) is 114 cm³/mol. The van der Waals surface area contributed by atoms with Crippen molar-refractivity contribution in [1.82, 2.24) is 0 Å². The van der Waals surface area contributed by atoms with Crippen LogP contribution in [0.5, 0.6) is 0 Å². The van der Waals surface area contributed by atoms with E-state index in [0.717, 1.165) is 6.42 Å². The SMILES string of the molecule is C[Si]1(C)c2ccccc2-c2ccc3cc4c(cc3c21)Cc1ccccc1-4. The number of rotatable bonds is 0. The summed E-state index contributed by atoms with van der Waals surface area (Å²) in [4.78, 5) is 0. The van der Waals surface area contributed by atoms with Gasteiger partial charge in [-0.25, -0.2) is 0 Å². The van der Waals surface area contributed by atoms with E-state index in [-0.39, 0.29) is 0 Å². The quantitative estimate of drug-likeness (QED) is 0.337. The van der Waals surface area contributed by atoms with Crippen LogP contribution in [-0.2, 0) is 6.42 Å². The maximum Gasteiger partial charge on any atom is 0.114 e. The van der Waals surface area contributed by atoms with E-state index in [9.17, 15) is 0 Å². The summed E-state index contributed by atoms with van der Waals surface area (Å²) >= 11 is 0. The summed E-state index contributed by atoms with van der Waals surface area (Å²) in [6.45, 7) is 5.03. The Morgan fingerprint density at radius 2 is 1.42 bits per heavy atom. The van der Waals surface area contributed by atoms with Crippen molar-refractivity contribution in [3.05, 3.63) is 83.9 Å². The van der Waals surface area contributed by atoms with Gasteiger partial charge in [0.1, 0.15) is 8.07 Å².